The molecule has 0 spiro atoms. The van der Waals surface area contributed by atoms with Crippen molar-refractivity contribution in [3.05, 3.63) is 0 Å². The molecule has 78 valence electrons. The molecule has 0 aromatic heterocycles. The molecule has 0 aliphatic carbocycles. The van der Waals surface area contributed by atoms with E-state index in [1.165, 1.54) is 6.08 Å². The van der Waals surface area contributed by atoms with Gasteiger partial charge in [-0.3, -0.25) is 0 Å². The van der Waals surface area contributed by atoms with Crippen molar-refractivity contribution in [2.45, 2.75) is 38.8 Å². The van der Waals surface area contributed by atoms with E-state index < -0.39 is 17.6 Å². The Morgan fingerprint density at radius 2 is 2.14 bits per heavy atom. The summed E-state index contributed by atoms with van der Waals surface area (Å²) in [4.78, 5) is 34.6. The van der Waals surface area contributed by atoms with E-state index in [4.69, 9.17) is 4.74 Å². The van der Waals surface area contributed by atoms with Crippen LogP contribution in [0.2, 0.25) is 0 Å². The molecule has 0 saturated carbocycles. The molecule has 0 fully saturated rings. The van der Waals surface area contributed by atoms with Crippen LogP contribution >= 0.6 is 0 Å². The zero-order valence-electron chi connectivity index (χ0n) is 8.44. The number of rotatable bonds is 4. The number of carbonyl (C=O) groups excluding carboxylic acids is 3. The molecule has 5 nitrogen and oxygen atoms in total. The first-order valence-electron chi connectivity index (χ1n) is 4.14. The molecule has 0 amide bonds. The molecule has 0 aromatic carbocycles. The van der Waals surface area contributed by atoms with Crippen LogP contribution in [-0.4, -0.2) is 30.0 Å². The van der Waals surface area contributed by atoms with Crippen molar-refractivity contribution in [1.29, 1.82) is 0 Å². The molecule has 0 bridgehead atoms. The lowest BCUT2D eigenvalue weighted by molar-refractivity contribution is -0.156. The minimum atomic E-state index is -1.07. The van der Waals surface area contributed by atoms with Gasteiger partial charge in [0.05, 0.1) is 0 Å². The molecule has 0 N–H and O–H groups in total. The number of hydrogen-bond donors (Lipinski definition) is 0. The van der Waals surface area contributed by atoms with E-state index in [-0.39, 0.29) is 6.42 Å². The monoisotopic (exact) mass is 199 g/mol. The van der Waals surface area contributed by atoms with Crippen LogP contribution in [0.3, 0.4) is 0 Å². The third-order valence-corrected chi connectivity index (χ3v) is 1.21. The highest BCUT2D eigenvalue weighted by Crippen LogP contribution is 2.10. The van der Waals surface area contributed by atoms with Crippen LogP contribution in [0.1, 0.15) is 27.2 Å². The average molecular weight is 199 g/mol. The van der Waals surface area contributed by atoms with Gasteiger partial charge in [0.15, 0.2) is 6.04 Å². The standard InChI is InChI=1S/C9H13NO4/c1-9(2,3)14-8(13)7(4-5-11)10-6-12/h5,7H,4H2,1-3H3. The molecule has 0 rings (SSSR count). The maximum absolute atomic E-state index is 11.3. The summed E-state index contributed by atoms with van der Waals surface area (Å²) < 4.78 is 4.93. The van der Waals surface area contributed by atoms with Gasteiger partial charge in [0.1, 0.15) is 11.9 Å². The summed E-state index contributed by atoms with van der Waals surface area (Å²) in [5.41, 5.74) is -0.656. The van der Waals surface area contributed by atoms with Gasteiger partial charge in [-0.25, -0.2) is 9.59 Å². The first-order valence-corrected chi connectivity index (χ1v) is 4.14. The Morgan fingerprint density at radius 1 is 1.57 bits per heavy atom. The molecule has 0 aliphatic heterocycles. The third-order valence-electron chi connectivity index (χ3n) is 1.21. The predicted octanol–water partition coefficient (Wildman–Crippen LogP) is 0.621. The Labute approximate surface area is 82.2 Å². The van der Waals surface area contributed by atoms with Gasteiger partial charge in [-0.2, -0.15) is 4.99 Å². The Balaban J connectivity index is 4.44. The second-order valence-electron chi connectivity index (χ2n) is 3.67. The summed E-state index contributed by atoms with van der Waals surface area (Å²) in [7, 11) is 0. The number of carbonyl (C=O) groups is 2. The number of nitrogens with zero attached hydrogens (tertiary/aromatic N) is 1. The summed E-state index contributed by atoms with van der Waals surface area (Å²) >= 11 is 0. The van der Waals surface area contributed by atoms with E-state index in [2.05, 4.69) is 4.99 Å². The Kier molecular flexibility index (Phi) is 4.73. The maximum atomic E-state index is 11.3. The van der Waals surface area contributed by atoms with Gasteiger partial charge < -0.3 is 9.53 Å². The van der Waals surface area contributed by atoms with Crippen molar-refractivity contribution in [1.82, 2.24) is 0 Å². The number of aldehydes is 1. The summed E-state index contributed by atoms with van der Waals surface area (Å²) in [5, 5.41) is 0. The zero-order valence-corrected chi connectivity index (χ0v) is 8.44. The minimum absolute atomic E-state index is 0.163. The van der Waals surface area contributed by atoms with E-state index >= 15 is 0 Å². The summed E-state index contributed by atoms with van der Waals surface area (Å²) in [6, 6.07) is -1.07. The molecular weight excluding hydrogens is 186 g/mol. The normalized spacial score (nSPS) is 12.5. The lowest BCUT2D eigenvalue weighted by Gasteiger charge is -2.20. The van der Waals surface area contributed by atoms with Crippen molar-refractivity contribution in [3.8, 4) is 0 Å². The molecule has 0 heterocycles. The second kappa shape index (κ2) is 5.29. The molecular formula is C9H13NO4. The Morgan fingerprint density at radius 3 is 2.50 bits per heavy atom. The van der Waals surface area contributed by atoms with Gasteiger partial charge >= 0.3 is 5.97 Å². The van der Waals surface area contributed by atoms with E-state index in [0.717, 1.165) is 0 Å². The molecule has 0 saturated heterocycles. The van der Waals surface area contributed by atoms with E-state index in [9.17, 15) is 14.4 Å². The third kappa shape index (κ3) is 5.22. The molecule has 0 aromatic rings. The van der Waals surface area contributed by atoms with Gasteiger partial charge in [0, 0.05) is 6.42 Å². The van der Waals surface area contributed by atoms with Crippen LogP contribution in [-0.2, 0) is 19.1 Å². The van der Waals surface area contributed by atoms with Gasteiger partial charge in [0.2, 0.25) is 6.08 Å². The van der Waals surface area contributed by atoms with Crippen molar-refractivity contribution in [3.63, 3.8) is 0 Å². The minimum Gasteiger partial charge on any atom is -0.458 e. The Bertz CT molecular complexity index is 260. The molecule has 1 unspecified atom stereocenters. The maximum Gasteiger partial charge on any atom is 0.332 e. The van der Waals surface area contributed by atoms with Gasteiger partial charge in [-0.1, -0.05) is 0 Å². The van der Waals surface area contributed by atoms with Crippen LogP contribution in [0.5, 0.6) is 0 Å². The molecule has 14 heavy (non-hydrogen) atoms. The smallest absolute Gasteiger partial charge is 0.332 e. The summed E-state index contributed by atoms with van der Waals surface area (Å²) in [6.45, 7) is 5.06. The average Bonchev–Trinajstić information content (AvgIpc) is 2.01. The fourth-order valence-corrected chi connectivity index (χ4v) is 0.726. The lowest BCUT2D eigenvalue weighted by atomic mass is 10.2. The van der Waals surface area contributed by atoms with E-state index in [0.29, 0.717) is 6.29 Å². The van der Waals surface area contributed by atoms with Crippen LogP contribution in [0.15, 0.2) is 4.99 Å². The number of ether oxygens (including phenoxy) is 1. The largest absolute Gasteiger partial charge is 0.458 e. The van der Waals surface area contributed by atoms with Crippen LogP contribution < -0.4 is 0 Å². The van der Waals surface area contributed by atoms with E-state index in [1.807, 2.05) is 0 Å². The van der Waals surface area contributed by atoms with Gasteiger partial charge in [0.25, 0.3) is 0 Å². The van der Waals surface area contributed by atoms with Crippen molar-refractivity contribution in [2.24, 2.45) is 4.99 Å². The highest BCUT2D eigenvalue weighted by molar-refractivity contribution is 5.80. The predicted molar refractivity (Wildman–Crippen MR) is 48.4 cm³/mol. The first kappa shape index (κ1) is 12.5. The quantitative estimate of drug-likeness (QED) is 0.288. The number of isocyanates is 1. The van der Waals surface area contributed by atoms with E-state index in [1.54, 1.807) is 20.8 Å². The highest BCUT2D eigenvalue weighted by atomic mass is 16.6. The van der Waals surface area contributed by atoms with Crippen LogP contribution in [0.25, 0.3) is 0 Å². The number of hydrogen-bond acceptors (Lipinski definition) is 5. The summed E-state index contributed by atoms with van der Waals surface area (Å²) in [5.74, 6) is -0.687. The number of aliphatic imine (C=N–C) groups is 1. The topological polar surface area (TPSA) is 72.8 Å². The molecule has 5 heteroatoms. The van der Waals surface area contributed by atoms with Crippen molar-refractivity contribution in [2.75, 3.05) is 0 Å². The zero-order chi connectivity index (χ0) is 11.2. The fraction of sp³-hybridized carbons (Fsp3) is 0.667. The number of esters is 1. The highest BCUT2D eigenvalue weighted by Gasteiger charge is 2.24. The van der Waals surface area contributed by atoms with Crippen molar-refractivity contribution >= 4 is 18.3 Å². The van der Waals surface area contributed by atoms with Crippen molar-refractivity contribution < 1.29 is 19.1 Å². The van der Waals surface area contributed by atoms with Crippen LogP contribution in [0, 0.1) is 0 Å². The van der Waals surface area contributed by atoms with Crippen LogP contribution in [0.4, 0.5) is 0 Å². The Hall–Kier alpha value is -1.48. The second-order valence-corrected chi connectivity index (χ2v) is 3.67. The molecule has 0 aliphatic rings. The fourth-order valence-electron chi connectivity index (χ4n) is 0.726. The van der Waals surface area contributed by atoms with Gasteiger partial charge in [-0.05, 0) is 20.8 Å². The summed E-state index contributed by atoms with van der Waals surface area (Å²) in [6.07, 6.45) is 1.58. The lowest BCUT2D eigenvalue weighted by Crippen LogP contribution is -2.31. The molecule has 0 radical (unpaired) electrons. The molecule has 1 atom stereocenters. The van der Waals surface area contributed by atoms with Gasteiger partial charge in [-0.15, -0.1) is 0 Å². The SMILES string of the molecule is CC(C)(C)OC(=O)C(CC=O)N=C=O. The first-order chi connectivity index (χ1) is 6.40.